The van der Waals surface area contributed by atoms with Crippen LogP contribution in [0.5, 0.6) is 0 Å². The van der Waals surface area contributed by atoms with Gasteiger partial charge in [-0.1, -0.05) is 41.3 Å². The number of hydrogen-bond acceptors (Lipinski definition) is 1. The molecule has 2 nitrogen and oxygen atoms in total. The van der Waals surface area contributed by atoms with E-state index in [9.17, 15) is 4.79 Å². The van der Waals surface area contributed by atoms with Crippen molar-refractivity contribution in [1.82, 2.24) is 4.57 Å². The average molecular weight is 320 g/mol. The Morgan fingerprint density at radius 3 is 2.79 bits per heavy atom. The molecule has 0 N–H and O–H groups in total. The zero-order valence-electron chi connectivity index (χ0n) is 10.9. The van der Waals surface area contributed by atoms with Crippen LogP contribution in [0.15, 0.2) is 28.9 Å². The summed E-state index contributed by atoms with van der Waals surface area (Å²) in [6.45, 7) is 1.04. The quantitative estimate of drug-likeness (QED) is 0.745. The van der Waals surface area contributed by atoms with Gasteiger partial charge in [0, 0.05) is 33.7 Å². The van der Waals surface area contributed by atoms with Crippen LogP contribution in [0.2, 0.25) is 0 Å². The molecule has 1 heterocycles. The second-order valence-electron chi connectivity index (χ2n) is 5.49. The molecule has 100 valence electrons. The fraction of sp³-hybridized carbons (Fsp3) is 0.438. The Kier molecular flexibility index (Phi) is 3.74. The minimum Gasteiger partial charge on any atom is -0.346 e. The first-order chi connectivity index (χ1) is 9.29. The fourth-order valence-corrected chi connectivity index (χ4v) is 3.81. The molecule has 1 aliphatic rings. The molecule has 1 aliphatic carbocycles. The number of benzene rings is 1. The summed E-state index contributed by atoms with van der Waals surface area (Å²) in [5.41, 5.74) is 1.96. The highest BCUT2D eigenvalue weighted by molar-refractivity contribution is 9.10. The molecule has 0 bridgehead atoms. The van der Waals surface area contributed by atoms with Gasteiger partial charge in [0.2, 0.25) is 0 Å². The van der Waals surface area contributed by atoms with Crippen LogP contribution in [0.4, 0.5) is 0 Å². The molecule has 1 fully saturated rings. The van der Waals surface area contributed by atoms with E-state index in [0.717, 1.165) is 34.2 Å². The molecule has 0 saturated heterocycles. The lowest BCUT2D eigenvalue weighted by atomic mass is 9.89. The highest BCUT2D eigenvalue weighted by atomic mass is 79.9. The van der Waals surface area contributed by atoms with Crippen LogP contribution in [0.1, 0.15) is 42.5 Å². The van der Waals surface area contributed by atoms with Crippen LogP contribution < -0.4 is 0 Å². The van der Waals surface area contributed by atoms with Crippen molar-refractivity contribution in [3.8, 4) is 0 Å². The molecule has 2 aromatic rings. The highest BCUT2D eigenvalue weighted by Gasteiger charge is 2.17. The lowest BCUT2D eigenvalue weighted by Gasteiger charge is -2.22. The van der Waals surface area contributed by atoms with E-state index in [-0.39, 0.29) is 0 Å². The first kappa shape index (κ1) is 12.9. The van der Waals surface area contributed by atoms with Gasteiger partial charge in [0.25, 0.3) is 0 Å². The number of halogens is 1. The topological polar surface area (TPSA) is 22.0 Å². The predicted molar refractivity (Wildman–Crippen MR) is 81.6 cm³/mol. The monoisotopic (exact) mass is 319 g/mol. The Hall–Kier alpha value is -1.09. The van der Waals surface area contributed by atoms with Crippen molar-refractivity contribution >= 4 is 33.1 Å². The zero-order valence-corrected chi connectivity index (χ0v) is 12.5. The molecule has 0 spiro atoms. The lowest BCUT2D eigenvalue weighted by molar-refractivity contribution is 0.112. The van der Waals surface area contributed by atoms with Crippen LogP contribution in [0.3, 0.4) is 0 Å². The van der Waals surface area contributed by atoms with Crippen LogP contribution in [-0.4, -0.2) is 10.9 Å². The maximum Gasteiger partial charge on any atom is 0.152 e. The second kappa shape index (κ2) is 5.49. The Labute approximate surface area is 121 Å². The number of aldehydes is 1. The maximum absolute atomic E-state index is 11.2. The van der Waals surface area contributed by atoms with E-state index in [2.05, 4.69) is 26.6 Å². The Bertz CT molecular complexity index is 596. The summed E-state index contributed by atoms with van der Waals surface area (Å²) in [6, 6.07) is 6.15. The van der Waals surface area contributed by atoms with Gasteiger partial charge >= 0.3 is 0 Å². The third-order valence-corrected chi connectivity index (χ3v) is 4.85. The van der Waals surface area contributed by atoms with E-state index in [4.69, 9.17) is 0 Å². The van der Waals surface area contributed by atoms with Crippen LogP contribution in [-0.2, 0) is 6.54 Å². The third kappa shape index (κ3) is 2.48. The minimum absolute atomic E-state index is 0.767. The van der Waals surface area contributed by atoms with Crippen molar-refractivity contribution in [1.29, 1.82) is 0 Å². The van der Waals surface area contributed by atoms with E-state index < -0.39 is 0 Å². The van der Waals surface area contributed by atoms with Gasteiger partial charge in [-0.3, -0.25) is 4.79 Å². The molecular weight excluding hydrogens is 302 g/mol. The number of fused-ring (bicyclic) bond motifs is 1. The first-order valence-corrected chi connectivity index (χ1v) is 7.81. The van der Waals surface area contributed by atoms with Crippen LogP contribution in [0, 0.1) is 5.92 Å². The number of carbonyl (C=O) groups is 1. The number of carbonyl (C=O) groups excluding carboxylic acids is 1. The smallest absolute Gasteiger partial charge is 0.152 e. The van der Waals surface area contributed by atoms with Crippen molar-refractivity contribution in [2.45, 2.75) is 38.6 Å². The lowest BCUT2D eigenvalue weighted by Crippen LogP contribution is -2.13. The number of nitrogens with zero attached hydrogens (tertiary/aromatic N) is 1. The average Bonchev–Trinajstić information content (AvgIpc) is 2.80. The van der Waals surface area contributed by atoms with Gasteiger partial charge in [0.1, 0.15) is 0 Å². The number of hydrogen-bond donors (Lipinski definition) is 0. The molecule has 0 atom stereocenters. The van der Waals surface area contributed by atoms with E-state index >= 15 is 0 Å². The van der Waals surface area contributed by atoms with Gasteiger partial charge in [-0.05, 0) is 30.9 Å². The second-order valence-corrected chi connectivity index (χ2v) is 6.35. The van der Waals surface area contributed by atoms with Crippen molar-refractivity contribution in [2.24, 2.45) is 5.92 Å². The molecule has 1 aromatic heterocycles. The standard InChI is InChI=1S/C16H18BrNO/c17-14-7-4-8-15-16(14)13(11-19)10-18(15)9-12-5-2-1-3-6-12/h4,7-8,10-12H,1-3,5-6,9H2. The van der Waals surface area contributed by atoms with E-state index in [1.54, 1.807) is 0 Å². The largest absolute Gasteiger partial charge is 0.346 e. The van der Waals surface area contributed by atoms with Gasteiger partial charge in [-0.15, -0.1) is 0 Å². The van der Waals surface area contributed by atoms with Crippen molar-refractivity contribution in [3.63, 3.8) is 0 Å². The number of rotatable bonds is 3. The Balaban J connectivity index is 1.99. The molecule has 0 unspecified atom stereocenters. The molecule has 1 aromatic carbocycles. The van der Waals surface area contributed by atoms with E-state index in [1.165, 1.54) is 37.6 Å². The fourth-order valence-electron chi connectivity index (χ4n) is 3.23. The van der Waals surface area contributed by atoms with Gasteiger partial charge in [0.05, 0.1) is 0 Å². The highest BCUT2D eigenvalue weighted by Crippen LogP contribution is 2.31. The maximum atomic E-state index is 11.2. The summed E-state index contributed by atoms with van der Waals surface area (Å²) in [5.74, 6) is 0.767. The first-order valence-electron chi connectivity index (χ1n) is 7.02. The van der Waals surface area contributed by atoms with Crippen LogP contribution in [0.25, 0.3) is 10.9 Å². The number of aromatic nitrogens is 1. The molecule has 3 rings (SSSR count). The van der Waals surface area contributed by atoms with E-state index in [0.29, 0.717) is 0 Å². The zero-order chi connectivity index (χ0) is 13.2. The van der Waals surface area contributed by atoms with Gasteiger partial charge in [0.15, 0.2) is 6.29 Å². The van der Waals surface area contributed by atoms with Crippen LogP contribution >= 0.6 is 15.9 Å². The molecule has 0 radical (unpaired) electrons. The normalized spacial score (nSPS) is 16.9. The summed E-state index contributed by atoms with van der Waals surface area (Å²) in [7, 11) is 0. The Morgan fingerprint density at radius 2 is 2.05 bits per heavy atom. The van der Waals surface area contributed by atoms with Crippen molar-refractivity contribution < 1.29 is 4.79 Å². The SMILES string of the molecule is O=Cc1cn(CC2CCCCC2)c2cccc(Br)c12. The molecular formula is C16H18BrNO. The Morgan fingerprint density at radius 1 is 1.26 bits per heavy atom. The summed E-state index contributed by atoms with van der Waals surface area (Å²) in [4.78, 5) is 11.2. The van der Waals surface area contributed by atoms with Gasteiger partial charge in [-0.25, -0.2) is 0 Å². The summed E-state index contributed by atoms with van der Waals surface area (Å²) in [5, 5.41) is 1.05. The predicted octanol–water partition coefficient (Wildman–Crippen LogP) is 4.80. The molecule has 19 heavy (non-hydrogen) atoms. The van der Waals surface area contributed by atoms with E-state index in [1.807, 2.05) is 18.3 Å². The summed E-state index contributed by atoms with van der Waals surface area (Å²) in [6.07, 6.45) is 9.71. The molecule has 3 heteroatoms. The summed E-state index contributed by atoms with van der Waals surface area (Å²) >= 11 is 3.55. The minimum atomic E-state index is 0.767. The molecule has 0 aliphatic heterocycles. The van der Waals surface area contributed by atoms with Gasteiger partial charge in [-0.2, -0.15) is 0 Å². The molecule has 1 saturated carbocycles. The van der Waals surface area contributed by atoms with Crippen molar-refractivity contribution in [2.75, 3.05) is 0 Å². The summed E-state index contributed by atoms with van der Waals surface area (Å²) < 4.78 is 3.27. The molecule has 0 amide bonds. The van der Waals surface area contributed by atoms with Gasteiger partial charge < -0.3 is 4.57 Å². The van der Waals surface area contributed by atoms with Crippen molar-refractivity contribution in [3.05, 3.63) is 34.4 Å². The third-order valence-electron chi connectivity index (χ3n) is 4.19.